The number of nitrogens with zero attached hydrogens (tertiary/aromatic N) is 5. The number of benzene rings is 1. The van der Waals surface area contributed by atoms with E-state index in [9.17, 15) is 4.79 Å². The van der Waals surface area contributed by atoms with Crippen LogP contribution >= 0.6 is 11.3 Å². The Kier molecular flexibility index (Phi) is 5.83. The first-order chi connectivity index (χ1) is 16.3. The first-order valence-corrected chi connectivity index (χ1v) is 12.2. The molecule has 8 nitrogen and oxygen atoms in total. The average molecular weight is 476 g/mol. The Bertz CT molecular complexity index is 1280. The summed E-state index contributed by atoms with van der Waals surface area (Å²) < 4.78 is 0. The highest BCUT2D eigenvalue weighted by Crippen LogP contribution is 2.39. The maximum Gasteiger partial charge on any atom is 0.318 e. The number of likely N-dealkylation sites (N-methyl/N-ethyl adjacent to an activating group) is 1. The summed E-state index contributed by atoms with van der Waals surface area (Å²) in [4.78, 5) is 32.0. The second-order valence-corrected chi connectivity index (χ2v) is 10.3. The molecule has 2 aromatic heterocycles. The first-order valence-electron chi connectivity index (χ1n) is 11.3. The molecular formula is C25H29N7OS. The number of thiophene rings is 1. The minimum Gasteiger partial charge on any atom is -0.330 e. The van der Waals surface area contributed by atoms with Gasteiger partial charge in [-0.3, -0.25) is 4.99 Å². The predicted molar refractivity (Wildman–Crippen MR) is 137 cm³/mol. The van der Waals surface area contributed by atoms with E-state index in [1.165, 1.54) is 5.57 Å². The van der Waals surface area contributed by atoms with Gasteiger partial charge in [0.05, 0.1) is 30.1 Å². The number of aliphatic imine (C=N–C) groups is 1. The lowest BCUT2D eigenvalue weighted by molar-refractivity contribution is 0.165. The van der Waals surface area contributed by atoms with Crippen LogP contribution in [0.1, 0.15) is 25.5 Å². The summed E-state index contributed by atoms with van der Waals surface area (Å²) in [5.74, 6) is 1.53. The molecular weight excluding hydrogens is 446 g/mol. The Morgan fingerprint density at radius 2 is 2.00 bits per heavy atom. The number of carbonyl (C=O) groups is 1. The normalized spacial score (nSPS) is 17.8. The molecule has 0 unspecified atom stereocenters. The molecule has 2 aliphatic heterocycles. The first kappa shape index (κ1) is 22.5. The predicted octanol–water partition coefficient (Wildman–Crippen LogP) is 3.92. The number of hydrogen-bond donors (Lipinski definition) is 2. The summed E-state index contributed by atoms with van der Waals surface area (Å²) in [7, 11) is 4.04. The Labute approximate surface area is 203 Å². The molecule has 1 atom stereocenters. The monoisotopic (exact) mass is 475 g/mol. The van der Waals surface area contributed by atoms with Crippen molar-refractivity contribution < 1.29 is 4.79 Å². The lowest BCUT2D eigenvalue weighted by Crippen LogP contribution is -2.52. The Morgan fingerprint density at radius 1 is 1.21 bits per heavy atom. The number of amidine groups is 1. The summed E-state index contributed by atoms with van der Waals surface area (Å²) in [6.45, 7) is 5.99. The van der Waals surface area contributed by atoms with Crippen LogP contribution in [0.4, 0.5) is 10.6 Å². The van der Waals surface area contributed by atoms with Gasteiger partial charge in [0.25, 0.3) is 0 Å². The van der Waals surface area contributed by atoms with Gasteiger partial charge in [-0.15, -0.1) is 11.3 Å². The van der Waals surface area contributed by atoms with Crippen LogP contribution < -0.4 is 10.6 Å². The van der Waals surface area contributed by atoms with E-state index < -0.39 is 5.54 Å². The maximum absolute atomic E-state index is 13.6. The number of nitrogens with one attached hydrogen (secondary N) is 2. The molecule has 0 saturated heterocycles. The van der Waals surface area contributed by atoms with Gasteiger partial charge in [-0.25, -0.2) is 14.8 Å². The fourth-order valence-corrected chi connectivity index (χ4v) is 5.43. The molecule has 2 aliphatic rings. The Balaban J connectivity index is 1.35. The maximum atomic E-state index is 13.6. The minimum atomic E-state index is -0.435. The summed E-state index contributed by atoms with van der Waals surface area (Å²) >= 11 is 1.58. The zero-order valence-electron chi connectivity index (χ0n) is 19.9. The zero-order valence-corrected chi connectivity index (χ0v) is 20.7. The lowest BCUT2D eigenvalue weighted by atomic mass is 9.94. The summed E-state index contributed by atoms with van der Waals surface area (Å²) in [6.07, 6.45) is 1.57. The van der Waals surface area contributed by atoms with E-state index in [4.69, 9.17) is 4.99 Å². The topological polar surface area (TPSA) is 85.8 Å². The molecule has 1 aromatic carbocycles. The van der Waals surface area contributed by atoms with Crippen LogP contribution in [0.15, 0.2) is 64.2 Å². The van der Waals surface area contributed by atoms with Gasteiger partial charge in [-0.1, -0.05) is 30.3 Å². The van der Waals surface area contributed by atoms with Crippen LogP contribution in [0.3, 0.4) is 0 Å². The smallest absolute Gasteiger partial charge is 0.318 e. The van der Waals surface area contributed by atoms with Crippen LogP contribution in [0, 0.1) is 0 Å². The largest absolute Gasteiger partial charge is 0.330 e. The van der Waals surface area contributed by atoms with Crippen molar-refractivity contribution in [2.24, 2.45) is 4.99 Å². The fourth-order valence-electron chi connectivity index (χ4n) is 4.70. The van der Waals surface area contributed by atoms with Gasteiger partial charge in [0.1, 0.15) is 22.8 Å². The van der Waals surface area contributed by atoms with Crippen molar-refractivity contribution in [1.82, 2.24) is 25.1 Å². The number of rotatable bonds is 5. The van der Waals surface area contributed by atoms with Crippen LogP contribution in [0.5, 0.6) is 0 Å². The third-order valence-corrected chi connectivity index (χ3v) is 7.39. The molecule has 4 heterocycles. The van der Waals surface area contributed by atoms with Crippen molar-refractivity contribution in [1.29, 1.82) is 0 Å². The number of fused-ring (bicyclic) bond motifs is 1. The van der Waals surface area contributed by atoms with E-state index >= 15 is 0 Å². The third kappa shape index (κ3) is 4.05. The van der Waals surface area contributed by atoms with Crippen LogP contribution in [0.2, 0.25) is 0 Å². The van der Waals surface area contributed by atoms with Gasteiger partial charge in [0.15, 0.2) is 0 Å². The van der Waals surface area contributed by atoms with Gasteiger partial charge in [-0.2, -0.15) is 0 Å². The van der Waals surface area contributed by atoms with Crippen LogP contribution in [0.25, 0.3) is 10.2 Å². The van der Waals surface area contributed by atoms with Crippen molar-refractivity contribution in [3.05, 3.63) is 64.8 Å². The highest BCUT2D eigenvalue weighted by molar-refractivity contribution is 7.16. The number of aromatic nitrogens is 2. The van der Waals surface area contributed by atoms with Gasteiger partial charge < -0.3 is 20.4 Å². The van der Waals surface area contributed by atoms with Gasteiger partial charge >= 0.3 is 6.03 Å². The van der Waals surface area contributed by atoms with E-state index in [1.54, 1.807) is 17.7 Å². The van der Waals surface area contributed by atoms with Crippen molar-refractivity contribution in [2.45, 2.75) is 25.4 Å². The van der Waals surface area contributed by atoms with Gasteiger partial charge in [0, 0.05) is 12.1 Å². The quantitative estimate of drug-likeness (QED) is 0.584. The highest BCUT2D eigenvalue weighted by atomic mass is 32.1. The number of anilines is 1. The van der Waals surface area contributed by atoms with Crippen molar-refractivity contribution in [2.75, 3.05) is 39.0 Å². The molecule has 0 fully saturated rings. The number of amides is 2. The molecule has 2 amide bonds. The zero-order chi connectivity index (χ0) is 23.9. The van der Waals surface area contributed by atoms with E-state index in [1.807, 2.05) is 48.6 Å². The van der Waals surface area contributed by atoms with Crippen LogP contribution in [-0.2, 0) is 0 Å². The molecule has 0 spiro atoms. The van der Waals surface area contributed by atoms with Crippen molar-refractivity contribution in [3.8, 4) is 0 Å². The Morgan fingerprint density at radius 3 is 2.76 bits per heavy atom. The van der Waals surface area contributed by atoms with Gasteiger partial charge in [0.2, 0.25) is 0 Å². The van der Waals surface area contributed by atoms with E-state index in [-0.39, 0.29) is 12.1 Å². The van der Waals surface area contributed by atoms with E-state index in [2.05, 4.69) is 51.5 Å². The average Bonchev–Trinajstić information content (AvgIpc) is 3.50. The standard InChI is InChI=1S/C25H29N7OS/c1-25(2)19-12-26-22(30-21-17-10-11-34-23(17)28-15-27-21)18(19)13-32(25)24(33)29-20(14-31(3)4)16-8-6-5-7-9-16/h5-11,15,20H,12-14H2,1-4H3,(H,29,33)(H,26,27,28,30)/t20-/m1/s1. The third-order valence-electron chi connectivity index (χ3n) is 6.57. The Hall–Kier alpha value is -3.30. The second-order valence-electron chi connectivity index (χ2n) is 9.43. The van der Waals surface area contributed by atoms with Crippen LogP contribution in [-0.4, -0.2) is 70.9 Å². The highest BCUT2D eigenvalue weighted by Gasteiger charge is 2.45. The lowest BCUT2D eigenvalue weighted by Gasteiger charge is -2.36. The molecule has 34 heavy (non-hydrogen) atoms. The molecule has 5 rings (SSSR count). The molecule has 9 heteroatoms. The number of urea groups is 1. The molecule has 3 aromatic rings. The van der Waals surface area contributed by atoms with Crippen molar-refractivity contribution >= 4 is 39.2 Å². The number of carbonyl (C=O) groups excluding carboxylic acids is 1. The molecule has 2 N–H and O–H groups in total. The molecule has 0 radical (unpaired) electrons. The summed E-state index contributed by atoms with van der Waals surface area (Å²) in [6, 6.07) is 12.0. The molecule has 0 aliphatic carbocycles. The minimum absolute atomic E-state index is 0.0725. The second kappa shape index (κ2) is 8.81. The van der Waals surface area contributed by atoms with E-state index in [0.29, 0.717) is 13.1 Å². The SMILES string of the molecule is CN(C)C[C@@H](NC(=O)N1CC2=C(CN=C2Nc2ncnc3sccc23)C1(C)C)c1ccccc1. The molecule has 0 saturated carbocycles. The number of hydrogen-bond acceptors (Lipinski definition) is 7. The molecule has 0 bridgehead atoms. The summed E-state index contributed by atoms with van der Waals surface area (Å²) in [5, 5.41) is 9.67. The van der Waals surface area contributed by atoms with Gasteiger partial charge in [-0.05, 0) is 50.5 Å². The fraction of sp³-hybridized carbons (Fsp3) is 0.360. The molecule has 176 valence electrons. The summed E-state index contributed by atoms with van der Waals surface area (Å²) in [5.41, 5.74) is 2.90. The van der Waals surface area contributed by atoms with Crippen molar-refractivity contribution in [3.63, 3.8) is 0 Å². The van der Waals surface area contributed by atoms with E-state index in [0.717, 1.165) is 39.6 Å².